The summed E-state index contributed by atoms with van der Waals surface area (Å²) >= 11 is 0. The minimum Gasteiger partial charge on any atom is -0.461 e. The summed E-state index contributed by atoms with van der Waals surface area (Å²) in [6.45, 7) is 12.0. The highest BCUT2D eigenvalue weighted by molar-refractivity contribution is 5.96. The number of amides is 2. The van der Waals surface area contributed by atoms with Crippen molar-refractivity contribution in [2.75, 3.05) is 77.8 Å². The van der Waals surface area contributed by atoms with E-state index >= 15 is 0 Å². The van der Waals surface area contributed by atoms with E-state index in [-0.39, 0.29) is 62.5 Å². The molecule has 0 unspecified atom stereocenters. The van der Waals surface area contributed by atoms with Crippen molar-refractivity contribution in [1.29, 1.82) is 0 Å². The average Bonchev–Trinajstić information content (AvgIpc) is 2.92. The summed E-state index contributed by atoms with van der Waals surface area (Å²) in [5, 5.41) is 8.83. The Hall–Kier alpha value is -2.77. The van der Waals surface area contributed by atoms with Crippen molar-refractivity contribution in [3.8, 4) is 0 Å². The quantitative estimate of drug-likeness (QED) is 0.112. The van der Waals surface area contributed by atoms with Crippen LogP contribution in [-0.4, -0.2) is 96.3 Å². The third kappa shape index (κ3) is 17.0. The second-order valence-corrected chi connectivity index (χ2v) is 9.53. The topological polar surface area (TPSA) is 159 Å². The van der Waals surface area contributed by atoms with Gasteiger partial charge in [-0.3, -0.25) is 14.4 Å². The minimum absolute atomic E-state index is 0.00231. The maximum atomic E-state index is 12.9. The first kappa shape index (κ1) is 35.3. The normalized spacial score (nSPS) is 11.1. The van der Waals surface area contributed by atoms with Gasteiger partial charge in [-0.1, -0.05) is 19.9 Å². The predicted octanol–water partition coefficient (Wildman–Crippen LogP) is 1.47. The van der Waals surface area contributed by atoms with E-state index in [0.29, 0.717) is 63.9 Å². The first-order valence-electron chi connectivity index (χ1n) is 13.9. The minimum atomic E-state index is -0.333. The Morgan fingerprint density at radius 3 is 1.95 bits per heavy atom. The Morgan fingerprint density at radius 2 is 1.38 bits per heavy atom. The summed E-state index contributed by atoms with van der Waals surface area (Å²) in [5.41, 5.74) is 7.12. The second-order valence-electron chi connectivity index (χ2n) is 9.53. The largest absolute Gasteiger partial charge is 0.461 e. The van der Waals surface area contributed by atoms with Crippen LogP contribution < -0.4 is 21.7 Å². The molecule has 2 amide bonds. The number of rotatable bonds is 23. The van der Waals surface area contributed by atoms with Crippen LogP contribution in [0.3, 0.4) is 0 Å². The molecule has 12 nitrogen and oxygen atoms in total. The van der Waals surface area contributed by atoms with Gasteiger partial charge in [0.2, 0.25) is 5.91 Å². The molecular formula is C28H48N4O8. The molecule has 5 N–H and O–H groups in total. The SMILES string of the molecule is CC(C)Nc1ccc(COC(=O)C(C)C)c(C(=O)NCCNC(=O)CCOCCOCCOCCOCCN)c1. The molecule has 1 rings (SSSR count). The van der Waals surface area contributed by atoms with E-state index < -0.39 is 0 Å². The maximum Gasteiger partial charge on any atom is 0.308 e. The predicted molar refractivity (Wildman–Crippen MR) is 152 cm³/mol. The monoisotopic (exact) mass is 568 g/mol. The van der Waals surface area contributed by atoms with Gasteiger partial charge in [0.25, 0.3) is 5.91 Å². The van der Waals surface area contributed by atoms with Crippen LogP contribution in [0.15, 0.2) is 18.2 Å². The summed E-state index contributed by atoms with van der Waals surface area (Å²) < 4.78 is 26.7. The number of nitrogens with two attached hydrogens (primary N) is 1. The molecule has 0 heterocycles. The van der Waals surface area contributed by atoms with Gasteiger partial charge in [-0.25, -0.2) is 0 Å². The van der Waals surface area contributed by atoms with Gasteiger partial charge in [0, 0.05) is 48.9 Å². The van der Waals surface area contributed by atoms with Crippen molar-refractivity contribution in [3.05, 3.63) is 29.3 Å². The van der Waals surface area contributed by atoms with Crippen molar-refractivity contribution in [1.82, 2.24) is 10.6 Å². The molecule has 40 heavy (non-hydrogen) atoms. The summed E-state index contributed by atoms with van der Waals surface area (Å²) in [7, 11) is 0. The molecule has 0 saturated heterocycles. The van der Waals surface area contributed by atoms with Gasteiger partial charge in [-0.15, -0.1) is 0 Å². The second kappa shape index (κ2) is 22.0. The van der Waals surface area contributed by atoms with Crippen LogP contribution in [0, 0.1) is 5.92 Å². The highest BCUT2D eigenvalue weighted by atomic mass is 16.6. The van der Waals surface area contributed by atoms with E-state index in [1.165, 1.54) is 0 Å². The van der Waals surface area contributed by atoms with Gasteiger partial charge in [0.1, 0.15) is 6.61 Å². The van der Waals surface area contributed by atoms with E-state index in [1.807, 2.05) is 19.9 Å². The number of hydrogen-bond donors (Lipinski definition) is 4. The zero-order chi connectivity index (χ0) is 29.6. The van der Waals surface area contributed by atoms with Gasteiger partial charge in [0.15, 0.2) is 0 Å². The van der Waals surface area contributed by atoms with Gasteiger partial charge < -0.3 is 45.4 Å². The number of ether oxygens (including phenoxy) is 5. The molecule has 0 aliphatic carbocycles. The fraction of sp³-hybridized carbons (Fsp3) is 0.679. The molecule has 228 valence electrons. The first-order valence-corrected chi connectivity index (χ1v) is 13.9. The molecule has 0 fully saturated rings. The Labute approximate surface area is 238 Å². The molecule has 0 aliphatic heterocycles. The Balaban J connectivity index is 2.26. The zero-order valence-electron chi connectivity index (χ0n) is 24.4. The van der Waals surface area contributed by atoms with Crippen molar-refractivity contribution in [2.24, 2.45) is 11.7 Å². The highest BCUT2D eigenvalue weighted by Crippen LogP contribution is 2.18. The van der Waals surface area contributed by atoms with Gasteiger partial charge in [-0.05, 0) is 26.0 Å². The molecule has 0 bridgehead atoms. The summed E-state index contributed by atoms with van der Waals surface area (Å²) in [6, 6.07) is 5.54. The van der Waals surface area contributed by atoms with Crippen molar-refractivity contribution in [2.45, 2.75) is 46.8 Å². The molecule has 0 aliphatic rings. The third-order valence-corrected chi connectivity index (χ3v) is 5.24. The van der Waals surface area contributed by atoms with E-state index in [1.54, 1.807) is 26.0 Å². The van der Waals surface area contributed by atoms with Crippen LogP contribution >= 0.6 is 0 Å². The van der Waals surface area contributed by atoms with E-state index in [9.17, 15) is 14.4 Å². The Kier molecular flexibility index (Phi) is 19.4. The van der Waals surface area contributed by atoms with Crippen LogP contribution in [-0.2, 0) is 39.9 Å². The smallest absolute Gasteiger partial charge is 0.308 e. The maximum absolute atomic E-state index is 12.9. The fourth-order valence-electron chi connectivity index (χ4n) is 3.22. The van der Waals surface area contributed by atoms with Crippen LogP contribution in [0.5, 0.6) is 0 Å². The fourth-order valence-corrected chi connectivity index (χ4v) is 3.22. The van der Waals surface area contributed by atoms with Crippen LogP contribution in [0.25, 0.3) is 0 Å². The van der Waals surface area contributed by atoms with Gasteiger partial charge in [0.05, 0.1) is 58.8 Å². The Bertz CT molecular complexity index is 867. The number of benzene rings is 1. The summed E-state index contributed by atoms with van der Waals surface area (Å²) in [5.74, 6) is -1.08. The first-order chi connectivity index (χ1) is 19.2. The molecule has 1 aromatic rings. The number of hydrogen-bond acceptors (Lipinski definition) is 10. The Morgan fingerprint density at radius 1 is 0.800 bits per heavy atom. The summed E-state index contributed by atoms with van der Waals surface area (Å²) in [6.07, 6.45) is 0.203. The molecule has 12 heteroatoms. The molecule has 0 saturated carbocycles. The van der Waals surface area contributed by atoms with Gasteiger partial charge >= 0.3 is 5.97 Å². The van der Waals surface area contributed by atoms with E-state index in [4.69, 9.17) is 29.4 Å². The third-order valence-electron chi connectivity index (χ3n) is 5.24. The van der Waals surface area contributed by atoms with Crippen molar-refractivity contribution < 1.29 is 38.1 Å². The lowest BCUT2D eigenvalue weighted by molar-refractivity contribution is -0.148. The molecule has 0 atom stereocenters. The molecular weight excluding hydrogens is 520 g/mol. The number of anilines is 1. The molecule has 0 aromatic heterocycles. The summed E-state index contributed by atoms with van der Waals surface area (Å²) in [4.78, 5) is 36.8. The average molecular weight is 569 g/mol. The van der Waals surface area contributed by atoms with Crippen LogP contribution in [0.1, 0.15) is 50.0 Å². The highest BCUT2D eigenvalue weighted by Gasteiger charge is 2.16. The molecule has 1 aromatic carbocycles. The van der Waals surface area contributed by atoms with Gasteiger partial charge in [-0.2, -0.15) is 0 Å². The lowest BCUT2D eigenvalue weighted by Crippen LogP contribution is -2.35. The number of esters is 1. The van der Waals surface area contributed by atoms with Crippen LogP contribution in [0.2, 0.25) is 0 Å². The lowest BCUT2D eigenvalue weighted by Gasteiger charge is -2.16. The number of carbonyl (C=O) groups is 3. The van der Waals surface area contributed by atoms with E-state index in [0.717, 1.165) is 5.69 Å². The van der Waals surface area contributed by atoms with E-state index in [2.05, 4.69) is 16.0 Å². The van der Waals surface area contributed by atoms with Crippen molar-refractivity contribution in [3.63, 3.8) is 0 Å². The number of nitrogens with one attached hydrogen (secondary N) is 3. The lowest BCUT2D eigenvalue weighted by atomic mass is 10.1. The standard InChI is InChI=1S/C28H48N4O8/c1-21(2)28(35)40-20-23-5-6-24(32-22(3)4)19-25(23)27(34)31-10-9-30-26(33)7-11-36-13-15-38-17-18-39-16-14-37-12-8-29/h5-6,19,21-22,32H,7-18,20,29H2,1-4H3,(H,30,33)(H,31,34). The zero-order valence-corrected chi connectivity index (χ0v) is 24.4. The molecule has 0 spiro atoms. The molecule has 0 radical (unpaired) electrons. The van der Waals surface area contributed by atoms with Crippen molar-refractivity contribution >= 4 is 23.5 Å². The number of carbonyl (C=O) groups excluding carboxylic acids is 3. The van der Waals surface area contributed by atoms with Crippen LogP contribution in [0.4, 0.5) is 5.69 Å².